The van der Waals surface area contributed by atoms with E-state index in [1.54, 1.807) is 6.07 Å². The number of rotatable bonds is 3. The van der Waals surface area contributed by atoms with E-state index in [-0.39, 0.29) is 0 Å². The highest BCUT2D eigenvalue weighted by atomic mass is 16.4. The first-order valence-corrected chi connectivity index (χ1v) is 5.85. The topological polar surface area (TPSA) is 78.4 Å². The monoisotopic (exact) mass is 258 g/mol. The normalized spacial score (nSPS) is 11.8. The van der Waals surface area contributed by atoms with Crippen LogP contribution in [0.3, 0.4) is 0 Å². The molecule has 0 aromatic heterocycles. The Morgan fingerprint density at radius 3 is 2.47 bits per heavy atom. The summed E-state index contributed by atoms with van der Waals surface area (Å²) < 4.78 is 0. The van der Waals surface area contributed by atoms with Gasteiger partial charge in [0.05, 0.1) is 0 Å². The Hall–Kier alpha value is -2.56. The fraction of sp³-hybridized carbons (Fsp3) is 0.143. The summed E-state index contributed by atoms with van der Waals surface area (Å²) in [5, 5.41) is 15.7. The molecule has 0 aliphatic heterocycles. The Kier molecular flexibility index (Phi) is 3.66. The molecule has 5 nitrogen and oxygen atoms in total. The summed E-state index contributed by atoms with van der Waals surface area (Å²) in [6, 6.07) is 11.8. The van der Waals surface area contributed by atoms with Gasteiger partial charge in [-0.1, -0.05) is 30.3 Å². The molecule has 2 rings (SSSR count). The Bertz CT molecular complexity index is 625. The molecule has 98 valence electrons. The number of aliphatic carboxylic acids is 1. The van der Waals surface area contributed by atoms with Crippen LogP contribution in [0.2, 0.25) is 0 Å². The molecule has 0 spiro atoms. The number of hydrogen-bond donors (Lipinski definition) is 3. The quantitative estimate of drug-likeness (QED) is 0.791. The molecule has 0 saturated carbocycles. The second kappa shape index (κ2) is 5.39. The van der Waals surface area contributed by atoms with Crippen molar-refractivity contribution in [2.45, 2.75) is 13.0 Å². The minimum absolute atomic E-state index is 0.537. The molecule has 0 heterocycles. The van der Waals surface area contributed by atoms with Gasteiger partial charge in [-0.3, -0.25) is 4.79 Å². The molecule has 1 atom stereocenters. The van der Waals surface area contributed by atoms with Crippen LogP contribution < -0.4 is 10.6 Å². The maximum Gasteiger partial charge on any atom is 0.325 e. The van der Waals surface area contributed by atoms with Crippen LogP contribution in [0.5, 0.6) is 0 Å². The van der Waals surface area contributed by atoms with Crippen LogP contribution >= 0.6 is 0 Å². The molecular formula is C14H14N2O3. The number of benzene rings is 2. The van der Waals surface area contributed by atoms with Crippen LogP contribution in [0.15, 0.2) is 42.5 Å². The van der Waals surface area contributed by atoms with Gasteiger partial charge in [-0.15, -0.1) is 0 Å². The Labute approximate surface area is 110 Å². The highest BCUT2D eigenvalue weighted by Crippen LogP contribution is 2.18. The number of hydrogen-bond acceptors (Lipinski definition) is 2. The molecule has 2 aromatic rings. The van der Waals surface area contributed by atoms with E-state index in [2.05, 4.69) is 10.6 Å². The second-order valence-electron chi connectivity index (χ2n) is 4.22. The molecule has 2 amide bonds. The fourth-order valence-electron chi connectivity index (χ4n) is 1.69. The lowest BCUT2D eigenvalue weighted by molar-refractivity contribution is -0.138. The van der Waals surface area contributed by atoms with Crippen molar-refractivity contribution >= 4 is 28.5 Å². The molecule has 0 fully saturated rings. The average molecular weight is 258 g/mol. The van der Waals surface area contributed by atoms with E-state index >= 15 is 0 Å². The van der Waals surface area contributed by atoms with E-state index in [0.29, 0.717) is 5.69 Å². The molecule has 2 aromatic carbocycles. The van der Waals surface area contributed by atoms with Gasteiger partial charge in [0.2, 0.25) is 0 Å². The first kappa shape index (κ1) is 12.9. The molecule has 0 bridgehead atoms. The van der Waals surface area contributed by atoms with E-state index < -0.39 is 18.0 Å². The predicted molar refractivity (Wildman–Crippen MR) is 73.2 cm³/mol. The van der Waals surface area contributed by atoms with E-state index in [4.69, 9.17) is 5.11 Å². The lowest BCUT2D eigenvalue weighted by Crippen LogP contribution is -2.40. The van der Waals surface area contributed by atoms with E-state index in [1.165, 1.54) is 6.92 Å². The molecule has 0 saturated heterocycles. The minimum Gasteiger partial charge on any atom is -0.480 e. The van der Waals surface area contributed by atoms with Crippen molar-refractivity contribution < 1.29 is 14.7 Å². The molecule has 1 unspecified atom stereocenters. The van der Waals surface area contributed by atoms with E-state index in [9.17, 15) is 9.59 Å². The summed E-state index contributed by atoms with van der Waals surface area (Å²) in [5.74, 6) is -1.08. The maximum atomic E-state index is 11.6. The van der Waals surface area contributed by atoms with E-state index in [1.807, 2.05) is 36.4 Å². The third-order valence-electron chi connectivity index (χ3n) is 2.73. The highest BCUT2D eigenvalue weighted by Gasteiger charge is 2.13. The van der Waals surface area contributed by atoms with Crippen molar-refractivity contribution in [1.29, 1.82) is 0 Å². The fourth-order valence-corrected chi connectivity index (χ4v) is 1.69. The van der Waals surface area contributed by atoms with Crippen LogP contribution in [0.25, 0.3) is 10.8 Å². The summed E-state index contributed by atoms with van der Waals surface area (Å²) in [5.41, 5.74) is 0.619. The molecule has 5 heteroatoms. The van der Waals surface area contributed by atoms with Crippen molar-refractivity contribution in [3.63, 3.8) is 0 Å². The van der Waals surface area contributed by atoms with Gasteiger partial charge in [0, 0.05) is 5.69 Å². The van der Waals surface area contributed by atoms with Crippen LogP contribution in [0.4, 0.5) is 10.5 Å². The van der Waals surface area contributed by atoms with Crippen LogP contribution in [0, 0.1) is 0 Å². The van der Waals surface area contributed by atoms with Gasteiger partial charge in [0.15, 0.2) is 0 Å². The summed E-state index contributed by atoms with van der Waals surface area (Å²) in [6.45, 7) is 1.41. The molecule has 0 aliphatic carbocycles. The zero-order chi connectivity index (χ0) is 13.8. The third-order valence-corrected chi connectivity index (χ3v) is 2.73. The van der Waals surface area contributed by atoms with Gasteiger partial charge in [0.25, 0.3) is 0 Å². The van der Waals surface area contributed by atoms with Gasteiger partial charge in [-0.25, -0.2) is 4.79 Å². The van der Waals surface area contributed by atoms with Crippen LogP contribution in [0.1, 0.15) is 6.92 Å². The summed E-state index contributed by atoms with van der Waals surface area (Å²) in [6.07, 6.45) is 0. The number of carbonyl (C=O) groups is 2. The molecule has 19 heavy (non-hydrogen) atoms. The molecular weight excluding hydrogens is 244 g/mol. The average Bonchev–Trinajstić information content (AvgIpc) is 2.38. The van der Waals surface area contributed by atoms with Crippen molar-refractivity contribution in [3.8, 4) is 0 Å². The van der Waals surface area contributed by atoms with Crippen molar-refractivity contribution in [2.24, 2.45) is 0 Å². The van der Waals surface area contributed by atoms with Crippen LogP contribution in [-0.4, -0.2) is 23.1 Å². The van der Waals surface area contributed by atoms with Gasteiger partial charge in [-0.05, 0) is 29.8 Å². The predicted octanol–water partition coefficient (Wildman–Crippen LogP) is 2.43. The number of carbonyl (C=O) groups excluding carboxylic acids is 1. The van der Waals surface area contributed by atoms with Gasteiger partial charge < -0.3 is 15.7 Å². The molecule has 3 N–H and O–H groups in total. The Morgan fingerprint density at radius 2 is 1.79 bits per heavy atom. The van der Waals surface area contributed by atoms with Gasteiger partial charge >= 0.3 is 12.0 Å². The van der Waals surface area contributed by atoms with Crippen molar-refractivity contribution in [3.05, 3.63) is 42.5 Å². The summed E-state index contributed by atoms with van der Waals surface area (Å²) >= 11 is 0. The lowest BCUT2D eigenvalue weighted by Gasteiger charge is -2.11. The highest BCUT2D eigenvalue weighted by molar-refractivity contribution is 5.95. The zero-order valence-electron chi connectivity index (χ0n) is 10.4. The first-order chi connectivity index (χ1) is 9.06. The lowest BCUT2D eigenvalue weighted by atomic mass is 10.1. The van der Waals surface area contributed by atoms with Gasteiger partial charge in [-0.2, -0.15) is 0 Å². The second-order valence-corrected chi connectivity index (χ2v) is 4.22. The maximum absolute atomic E-state index is 11.6. The number of carboxylic acids is 1. The zero-order valence-corrected chi connectivity index (χ0v) is 10.4. The molecule has 0 radical (unpaired) electrons. The first-order valence-electron chi connectivity index (χ1n) is 5.85. The largest absolute Gasteiger partial charge is 0.480 e. The van der Waals surface area contributed by atoms with E-state index in [0.717, 1.165) is 10.8 Å². The summed E-state index contributed by atoms with van der Waals surface area (Å²) in [4.78, 5) is 22.2. The SMILES string of the molecule is CC(NC(=O)Nc1ccc2ccccc2c1)C(=O)O. The number of urea groups is 1. The number of carboxylic acid groups (broad SMARTS) is 1. The summed E-state index contributed by atoms with van der Waals surface area (Å²) in [7, 11) is 0. The minimum atomic E-state index is -1.08. The Morgan fingerprint density at radius 1 is 1.11 bits per heavy atom. The third kappa shape index (κ3) is 3.22. The Balaban J connectivity index is 2.09. The van der Waals surface area contributed by atoms with Crippen molar-refractivity contribution in [1.82, 2.24) is 5.32 Å². The number of anilines is 1. The smallest absolute Gasteiger partial charge is 0.325 e. The number of amides is 2. The van der Waals surface area contributed by atoms with Crippen molar-refractivity contribution in [2.75, 3.05) is 5.32 Å². The van der Waals surface area contributed by atoms with Crippen LogP contribution in [-0.2, 0) is 4.79 Å². The standard InChI is InChI=1S/C14H14N2O3/c1-9(13(17)18)15-14(19)16-12-7-6-10-4-2-3-5-11(10)8-12/h2-9H,1H3,(H,17,18)(H2,15,16,19). The number of nitrogens with one attached hydrogen (secondary N) is 2. The number of fused-ring (bicyclic) bond motifs is 1. The van der Waals surface area contributed by atoms with Gasteiger partial charge in [0.1, 0.15) is 6.04 Å². The molecule has 0 aliphatic rings.